The normalized spacial score (nSPS) is 17.8. The van der Waals surface area contributed by atoms with Crippen molar-refractivity contribution in [3.8, 4) is 0 Å². The molecule has 1 aliphatic heterocycles. The van der Waals surface area contributed by atoms with Gasteiger partial charge in [-0.05, 0) is 44.9 Å². The molecule has 0 aromatic heterocycles. The van der Waals surface area contributed by atoms with Gasteiger partial charge in [0.1, 0.15) is 0 Å². The summed E-state index contributed by atoms with van der Waals surface area (Å²) < 4.78 is 0. The van der Waals surface area contributed by atoms with Gasteiger partial charge in [0.2, 0.25) is 0 Å². The van der Waals surface area contributed by atoms with Gasteiger partial charge in [-0.3, -0.25) is 0 Å². The molecular formula is C13H16ClN. The van der Waals surface area contributed by atoms with Crippen LogP contribution in [0.1, 0.15) is 31.9 Å². The maximum Gasteiger partial charge on any atom is 0.0506 e. The van der Waals surface area contributed by atoms with Gasteiger partial charge in [0.05, 0.1) is 5.54 Å². The van der Waals surface area contributed by atoms with E-state index >= 15 is 0 Å². The van der Waals surface area contributed by atoms with E-state index < -0.39 is 0 Å². The Kier molecular flexibility index (Phi) is 2.31. The van der Waals surface area contributed by atoms with Crippen LogP contribution in [0.4, 0.5) is 5.69 Å². The van der Waals surface area contributed by atoms with Crippen molar-refractivity contribution in [2.75, 3.05) is 5.32 Å². The first kappa shape index (κ1) is 10.6. The van der Waals surface area contributed by atoms with Crippen molar-refractivity contribution in [2.24, 2.45) is 0 Å². The third-order valence-electron chi connectivity index (χ3n) is 2.85. The van der Waals surface area contributed by atoms with Crippen LogP contribution in [-0.2, 0) is 0 Å². The number of nitrogens with one attached hydrogen (secondary N) is 1. The Balaban J connectivity index is 2.65. The zero-order chi connectivity index (χ0) is 11.2. The summed E-state index contributed by atoms with van der Waals surface area (Å²) in [6, 6.07) is 4.05. The summed E-state index contributed by atoms with van der Waals surface area (Å²) in [6.45, 7) is 8.54. The molecular weight excluding hydrogens is 206 g/mol. The summed E-state index contributed by atoms with van der Waals surface area (Å²) in [7, 11) is 0. The summed E-state index contributed by atoms with van der Waals surface area (Å²) in [5, 5.41) is 4.34. The molecule has 1 N–H and O–H groups in total. The Morgan fingerprint density at radius 1 is 1.20 bits per heavy atom. The minimum Gasteiger partial charge on any atom is -0.376 e. The first-order valence-electron chi connectivity index (χ1n) is 5.18. The lowest BCUT2D eigenvalue weighted by molar-refractivity contribution is 0.706. The Hall–Kier alpha value is -0.950. The number of benzene rings is 1. The van der Waals surface area contributed by atoms with Gasteiger partial charge in [-0.15, -0.1) is 0 Å². The minimum atomic E-state index is 0.00647. The Morgan fingerprint density at radius 2 is 1.87 bits per heavy atom. The van der Waals surface area contributed by atoms with Crippen LogP contribution in [-0.4, -0.2) is 5.54 Å². The van der Waals surface area contributed by atoms with Crippen LogP contribution in [0.15, 0.2) is 18.2 Å². The van der Waals surface area contributed by atoms with Crippen molar-refractivity contribution in [3.05, 3.63) is 34.4 Å². The highest BCUT2D eigenvalue weighted by atomic mass is 35.5. The second kappa shape index (κ2) is 3.28. The molecule has 15 heavy (non-hydrogen) atoms. The predicted molar refractivity (Wildman–Crippen MR) is 67.5 cm³/mol. The van der Waals surface area contributed by atoms with E-state index in [2.05, 4.69) is 45.2 Å². The van der Waals surface area contributed by atoms with E-state index in [4.69, 9.17) is 11.6 Å². The van der Waals surface area contributed by atoms with Gasteiger partial charge in [0.25, 0.3) is 0 Å². The molecule has 0 spiro atoms. The van der Waals surface area contributed by atoms with Gasteiger partial charge >= 0.3 is 0 Å². The monoisotopic (exact) mass is 221 g/mol. The Labute approximate surface area is 96.1 Å². The van der Waals surface area contributed by atoms with Crippen LogP contribution in [0, 0.1) is 6.92 Å². The maximum absolute atomic E-state index is 6.13. The molecule has 0 atom stereocenters. The first-order chi connectivity index (χ1) is 6.91. The van der Waals surface area contributed by atoms with Crippen molar-refractivity contribution in [1.29, 1.82) is 0 Å². The van der Waals surface area contributed by atoms with Crippen molar-refractivity contribution in [3.63, 3.8) is 0 Å². The highest BCUT2D eigenvalue weighted by Crippen LogP contribution is 2.38. The molecule has 1 nitrogen and oxygen atoms in total. The van der Waals surface area contributed by atoms with Crippen LogP contribution >= 0.6 is 11.6 Å². The van der Waals surface area contributed by atoms with Gasteiger partial charge in [-0.1, -0.05) is 23.7 Å². The van der Waals surface area contributed by atoms with Gasteiger partial charge in [-0.25, -0.2) is 0 Å². The van der Waals surface area contributed by atoms with Crippen molar-refractivity contribution in [2.45, 2.75) is 33.2 Å². The average molecular weight is 222 g/mol. The van der Waals surface area contributed by atoms with Gasteiger partial charge < -0.3 is 5.32 Å². The Morgan fingerprint density at radius 3 is 2.53 bits per heavy atom. The minimum absolute atomic E-state index is 0.00647. The van der Waals surface area contributed by atoms with E-state index in [-0.39, 0.29) is 5.54 Å². The number of halogens is 1. The molecule has 1 aromatic carbocycles. The predicted octanol–water partition coefficient (Wildman–Crippen LogP) is 4.26. The van der Waals surface area contributed by atoms with Crippen LogP contribution in [0.2, 0.25) is 5.02 Å². The number of hydrogen-bond acceptors (Lipinski definition) is 1. The SMILES string of the molecule is CC1=CC(C)(C)Nc2c1ccc(Cl)c2C. The van der Waals surface area contributed by atoms with Crippen molar-refractivity contribution < 1.29 is 0 Å². The number of rotatable bonds is 0. The number of hydrogen-bond donors (Lipinski definition) is 1. The van der Waals surface area contributed by atoms with Gasteiger partial charge in [0, 0.05) is 16.3 Å². The van der Waals surface area contributed by atoms with Crippen LogP contribution < -0.4 is 5.32 Å². The van der Waals surface area contributed by atoms with Crippen LogP contribution in [0.5, 0.6) is 0 Å². The molecule has 0 bridgehead atoms. The lowest BCUT2D eigenvalue weighted by Gasteiger charge is -2.32. The molecule has 0 fully saturated rings. The summed E-state index contributed by atoms with van der Waals surface area (Å²) in [5.41, 5.74) is 4.89. The van der Waals surface area contributed by atoms with E-state index in [0.717, 1.165) is 10.6 Å². The fourth-order valence-electron chi connectivity index (χ4n) is 2.15. The van der Waals surface area contributed by atoms with E-state index in [9.17, 15) is 0 Å². The molecule has 0 saturated heterocycles. The standard InChI is InChI=1S/C13H16ClN/c1-8-7-13(3,4)15-12-9(2)11(14)6-5-10(8)12/h5-7,15H,1-4H3. The zero-order valence-corrected chi connectivity index (χ0v) is 10.4. The molecule has 1 aliphatic rings. The smallest absolute Gasteiger partial charge is 0.0506 e. The van der Waals surface area contributed by atoms with E-state index in [0.29, 0.717) is 0 Å². The average Bonchev–Trinajstić information content (AvgIpc) is 2.10. The number of fused-ring (bicyclic) bond motifs is 1. The maximum atomic E-state index is 6.13. The summed E-state index contributed by atoms with van der Waals surface area (Å²) in [4.78, 5) is 0. The third-order valence-corrected chi connectivity index (χ3v) is 3.26. The second-order valence-electron chi connectivity index (χ2n) is 4.77. The fourth-order valence-corrected chi connectivity index (χ4v) is 2.31. The molecule has 2 rings (SSSR count). The van der Waals surface area contributed by atoms with Gasteiger partial charge in [0.15, 0.2) is 0 Å². The number of anilines is 1. The Bertz CT molecular complexity index is 444. The quantitative estimate of drug-likeness (QED) is 0.691. The largest absolute Gasteiger partial charge is 0.376 e. The molecule has 0 aliphatic carbocycles. The molecule has 0 amide bonds. The lowest BCUT2D eigenvalue weighted by atomic mass is 9.90. The summed E-state index contributed by atoms with van der Waals surface area (Å²) in [6.07, 6.45) is 2.25. The molecule has 1 heterocycles. The van der Waals surface area contributed by atoms with Crippen molar-refractivity contribution in [1.82, 2.24) is 0 Å². The molecule has 2 heteroatoms. The summed E-state index contributed by atoms with van der Waals surface area (Å²) in [5.74, 6) is 0. The zero-order valence-electron chi connectivity index (χ0n) is 9.61. The molecule has 0 saturated carbocycles. The topological polar surface area (TPSA) is 12.0 Å². The second-order valence-corrected chi connectivity index (χ2v) is 5.18. The molecule has 0 radical (unpaired) electrons. The molecule has 0 unspecified atom stereocenters. The van der Waals surface area contributed by atoms with Crippen LogP contribution in [0.3, 0.4) is 0 Å². The molecule has 80 valence electrons. The van der Waals surface area contributed by atoms with Crippen molar-refractivity contribution >= 4 is 22.9 Å². The lowest BCUT2D eigenvalue weighted by Crippen LogP contribution is -2.32. The first-order valence-corrected chi connectivity index (χ1v) is 5.55. The fraction of sp³-hybridized carbons (Fsp3) is 0.385. The highest BCUT2D eigenvalue weighted by Gasteiger charge is 2.23. The highest BCUT2D eigenvalue weighted by molar-refractivity contribution is 6.31. The third kappa shape index (κ3) is 1.76. The van der Waals surface area contributed by atoms with E-state index in [1.165, 1.54) is 16.8 Å². The van der Waals surface area contributed by atoms with Gasteiger partial charge in [-0.2, -0.15) is 0 Å². The number of allylic oxidation sites excluding steroid dienone is 1. The van der Waals surface area contributed by atoms with Crippen LogP contribution in [0.25, 0.3) is 5.57 Å². The summed E-state index contributed by atoms with van der Waals surface area (Å²) >= 11 is 6.13. The van der Waals surface area contributed by atoms with E-state index in [1.54, 1.807) is 0 Å². The van der Waals surface area contributed by atoms with E-state index in [1.807, 2.05) is 6.07 Å². The molecule has 1 aromatic rings.